The summed E-state index contributed by atoms with van der Waals surface area (Å²) in [6, 6.07) is 16.3. The van der Waals surface area contributed by atoms with E-state index in [9.17, 15) is 0 Å². The molecule has 0 unspecified atom stereocenters. The van der Waals surface area contributed by atoms with Crippen LogP contribution in [0.25, 0.3) is 27.6 Å². The van der Waals surface area contributed by atoms with Crippen molar-refractivity contribution in [3.63, 3.8) is 0 Å². The molecule has 132 valence electrons. The van der Waals surface area contributed by atoms with E-state index in [0.717, 1.165) is 34.0 Å². The summed E-state index contributed by atoms with van der Waals surface area (Å²) in [4.78, 5) is 8.21. The standard InChI is InChI=1S/C23H20N4/c1-16-10-11-19(14-21(16)24-4)23-25-12-13-26(23)22-17(2)15-27(18(22)3)20-8-6-5-7-9-20/h5-15H,1-3H3. The summed E-state index contributed by atoms with van der Waals surface area (Å²) in [5.74, 6) is 0.844. The lowest BCUT2D eigenvalue weighted by molar-refractivity contribution is 0.977. The van der Waals surface area contributed by atoms with Gasteiger partial charge in [-0.3, -0.25) is 4.57 Å². The van der Waals surface area contributed by atoms with Crippen molar-refractivity contribution in [2.24, 2.45) is 0 Å². The van der Waals surface area contributed by atoms with Gasteiger partial charge in [0.15, 0.2) is 5.69 Å². The topological polar surface area (TPSA) is 27.1 Å². The second-order valence-corrected chi connectivity index (χ2v) is 6.69. The average Bonchev–Trinajstić information content (AvgIpc) is 3.27. The van der Waals surface area contributed by atoms with Crippen molar-refractivity contribution in [3.8, 4) is 22.8 Å². The van der Waals surface area contributed by atoms with E-state index in [2.05, 4.69) is 51.1 Å². The fourth-order valence-electron chi connectivity index (χ4n) is 3.54. The predicted octanol–water partition coefficient (Wildman–Crippen LogP) is 5.81. The number of imidazole rings is 1. The van der Waals surface area contributed by atoms with E-state index in [4.69, 9.17) is 6.57 Å². The highest BCUT2D eigenvalue weighted by Crippen LogP contribution is 2.31. The molecule has 0 saturated carbocycles. The van der Waals surface area contributed by atoms with Crippen molar-refractivity contribution in [1.82, 2.24) is 14.1 Å². The van der Waals surface area contributed by atoms with Crippen LogP contribution in [0.1, 0.15) is 16.8 Å². The number of benzene rings is 2. The molecule has 0 amide bonds. The number of nitrogens with zero attached hydrogens (tertiary/aromatic N) is 4. The van der Waals surface area contributed by atoms with Gasteiger partial charge in [0.1, 0.15) is 5.82 Å². The summed E-state index contributed by atoms with van der Waals surface area (Å²) in [5, 5.41) is 0. The Morgan fingerprint density at radius 2 is 1.70 bits per heavy atom. The summed E-state index contributed by atoms with van der Waals surface area (Å²) in [5.41, 5.74) is 7.17. The molecule has 4 heteroatoms. The molecule has 0 atom stereocenters. The van der Waals surface area contributed by atoms with E-state index in [-0.39, 0.29) is 0 Å². The Labute approximate surface area is 159 Å². The van der Waals surface area contributed by atoms with Crippen LogP contribution in [0.4, 0.5) is 5.69 Å². The summed E-state index contributed by atoms with van der Waals surface area (Å²) in [6.45, 7) is 13.6. The Balaban J connectivity index is 1.87. The summed E-state index contributed by atoms with van der Waals surface area (Å²) in [7, 11) is 0. The van der Waals surface area contributed by atoms with Gasteiger partial charge < -0.3 is 4.57 Å². The Morgan fingerprint density at radius 1 is 0.926 bits per heavy atom. The van der Waals surface area contributed by atoms with Gasteiger partial charge in [0.05, 0.1) is 12.3 Å². The zero-order valence-electron chi connectivity index (χ0n) is 15.6. The van der Waals surface area contributed by atoms with Gasteiger partial charge in [-0.25, -0.2) is 9.83 Å². The first-order valence-corrected chi connectivity index (χ1v) is 8.86. The Bertz CT molecular complexity index is 1160. The van der Waals surface area contributed by atoms with Gasteiger partial charge in [0, 0.05) is 35.5 Å². The molecule has 27 heavy (non-hydrogen) atoms. The Kier molecular flexibility index (Phi) is 4.13. The Hall–Kier alpha value is -3.58. The molecule has 0 aliphatic heterocycles. The minimum absolute atomic E-state index is 0.664. The lowest BCUT2D eigenvalue weighted by atomic mass is 10.1. The van der Waals surface area contributed by atoms with Crippen LogP contribution in [0.5, 0.6) is 0 Å². The highest BCUT2D eigenvalue weighted by atomic mass is 15.1. The van der Waals surface area contributed by atoms with Gasteiger partial charge in [0.25, 0.3) is 0 Å². The zero-order valence-corrected chi connectivity index (χ0v) is 15.6. The molecule has 0 fully saturated rings. The van der Waals surface area contributed by atoms with Crippen LogP contribution in [-0.2, 0) is 0 Å². The molecule has 0 radical (unpaired) electrons. The lowest BCUT2D eigenvalue weighted by Gasteiger charge is -2.12. The molecule has 2 heterocycles. The third-order valence-electron chi connectivity index (χ3n) is 4.90. The summed E-state index contributed by atoms with van der Waals surface area (Å²) in [6.07, 6.45) is 5.95. The van der Waals surface area contributed by atoms with Crippen LogP contribution < -0.4 is 0 Å². The third-order valence-corrected chi connectivity index (χ3v) is 4.90. The van der Waals surface area contributed by atoms with Gasteiger partial charge in [-0.05, 0) is 50.1 Å². The quantitative estimate of drug-likeness (QED) is 0.428. The smallest absolute Gasteiger partial charge is 0.190 e. The number of aryl methyl sites for hydroxylation is 2. The molecule has 0 bridgehead atoms. The maximum Gasteiger partial charge on any atom is 0.190 e. The molecule has 0 spiro atoms. The molecule has 0 saturated heterocycles. The first kappa shape index (κ1) is 16.9. The average molecular weight is 352 g/mol. The number of rotatable bonds is 3. The lowest BCUT2D eigenvalue weighted by Crippen LogP contribution is -2.01. The van der Waals surface area contributed by atoms with Crippen LogP contribution in [0.15, 0.2) is 67.1 Å². The van der Waals surface area contributed by atoms with Gasteiger partial charge >= 0.3 is 0 Å². The van der Waals surface area contributed by atoms with Crippen LogP contribution in [0.3, 0.4) is 0 Å². The maximum atomic E-state index is 7.39. The Morgan fingerprint density at radius 3 is 2.44 bits per heavy atom. The van der Waals surface area contributed by atoms with Gasteiger partial charge in [-0.15, -0.1) is 0 Å². The van der Waals surface area contributed by atoms with Crippen molar-refractivity contribution < 1.29 is 0 Å². The molecule has 0 N–H and O–H groups in total. The van der Waals surface area contributed by atoms with E-state index in [0.29, 0.717) is 5.69 Å². The second kappa shape index (κ2) is 6.62. The minimum Gasteiger partial charge on any atom is -0.319 e. The maximum absolute atomic E-state index is 7.39. The van der Waals surface area contributed by atoms with Crippen LogP contribution in [-0.4, -0.2) is 14.1 Å². The van der Waals surface area contributed by atoms with E-state index < -0.39 is 0 Å². The van der Waals surface area contributed by atoms with Crippen LogP contribution in [0, 0.1) is 27.3 Å². The minimum atomic E-state index is 0.664. The van der Waals surface area contributed by atoms with E-state index in [1.165, 1.54) is 5.56 Å². The number of para-hydroxylation sites is 1. The first-order chi connectivity index (χ1) is 13.1. The van der Waals surface area contributed by atoms with E-state index in [1.807, 2.05) is 55.7 Å². The SMILES string of the molecule is [C-]#[N+]c1cc(-c2nccn2-c2c(C)cn(-c3ccccc3)c2C)ccc1C. The van der Waals surface area contributed by atoms with E-state index in [1.54, 1.807) is 0 Å². The fraction of sp³-hybridized carbons (Fsp3) is 0.130. The van der Waals surface area contributed by atoms with Crippen molar-refractivity contribution in [2.75, 3.05) is 0 Å². The molecular formula is C23H20N4. The van der Waals surface area contributed by atoms with Crippen molar-refractivity contribution in [1.29, 1.82) is 0 Å². The predicted molar refractivity (Wildman–Crippen MR) is 109 cm³/mol. The van der Waals surface area contributed by atoms with Gasteiger partial charge in [-0.2, -0.15) is 0 Å². The fourth-order valence-corrected chi connectivity index (χ4v) is 3.54. The molecule has 0 aliphatic rings. The second-order valence-electron chi connectivity index (χ2n) is 6.69. The number of aromatic nitrogens is 3. The van der Waals surface area contributed by atoms with Crippen molar-refractivity contribution >= 4 is 5.69 Å². The van der Waals surface area contributed by atoms with E-state index >= 15 is 0 Å². The normalized spacial score (nSPS) is 10.7. The zero-order chi connectivity index (χ0) is 19.0. The first-order valence-electron chi connectivity index (χ1n) is 8.86. The van der Waals surface area contributed by atoms with Crippen molar-refractivity contribution in [3.05, 3.63) is 95.4 Å². The monoisotopic (exact) mass is 352 g/mol. The molecule has 4 rings (SSSR count). The number of hydrogen-bond donors (Lipinski definition) is 0. The van der Waals surface area contributed by atoms with Gasteiger partial charge in [0.2, 0.25) is 0 Å². The van der Waals surface area contributed by atoms with Crippen LogP contribution >= 0.6 is 0 Å². The molecule has 4 nitrogen and oxygen atoms in total. The van der Waals surface area contributed by atoms with Gasteiger partial charge in [-0.1, -0.05) is 30.3 Å². The highest BCUT2D eigenvalue weighted by Gasteiger charge is 2.17. The van der Waals surface area contributed by atoms with Crippen LogP contribution in [0.2, 0.25) is 0 Å². The molecular weight excluding hydrogens is 332 g/mol. The molecule has 0 aliphatic carbocycles. The summed E-state index contributed by atoms with van der Waals surface area (Å²) < 4.78 is 4.32. The molecule has 2 aromatic heterocycles. The number of hydrogen-bond acceptors (Lipinski definition) is 1. The molecule has 2 aromatic carbocycles. The molecule has 4 aromatic rings. The third kappa shape index (κ3) is 2.84. The summed E-state index contributed by atoms with van der Waals surface area (Å²) >= 11 is 0. The van der Waals surface area contributed by atoms with Crippen molar-refractivity contribution in [2.45, 2.75) is 20.8 Å². The largest absolute Gasteiger partial charge is 0.319 e. The highest BCUT2D eigenvalue weighted by molar-refractivity contribution is 5.68.